The van der Waals surface area contributed by atoms with Crippen molar-refractivity contribution in [2.45, 2.75) is 47.0 Å². The average Bonchev–Trinajstić information content (AvgIpc) is 3.65. The van der Waals surface area contributed by atoms with E-state index in [0.29, 0.717) is 33.8 Å². The molecule has 0 aliphatic carbocycles. The van der Waals surface area contributed by atoms with Gasteiger partial charge in [-0.3, -0.25) is 13.9 Å². The minimum Gasteiger partial charge on any atom is -0.423 e. The molecule has 0 saturated carbocycles. The molecule has 14 heteroatoms. The fraction of sp³-hybridized carbons (Fsp3) is 0.212. The lowest BCUT2D eigenvalue weighted by Crippen LogP contribution is -2.41. The Morgan fingerprint density at radius 1 is 0.596 bits per heavy atom. The highest BCUT2D eigenvalue weighted by atomic mass is 16.4. The number of rotatable bonds is 8. The third-order valence-corrected chi connectivity index (χ3v) is 7.93. The predicted molar refractivity (Wildman–Crippen MR) is 171 cm³/mol. The number of benzene rings is 2. The van der Waals surface area contributed by atoms with Crippen molar-refractivity contribution >= 4 is 21.9 Å². The summed E-state index contributed by atoms with van der Waals surface area (Å²) in [6.45, 7) is 5.98. The molecule has 0 N–H and O–H groups in total. The van der Waals surface area contributed by atoms with Gasteiger partial charge >= 0.3 is 16.9 Å². The van der Waals surface area contributed by atoms with Gasteiger partial charge in [-0.2, -0.15) is 0 Å². The summed E-state index contributed by atoms with van der Waals surface area (Å²) >= 11 is 0. The molecule has 0 radical (unpaired) electrons. The summed E-state index contributed by atoms with van der Waals surface area (Å²) < 4.78 is 16.3. The molecule has 0 saturated heterocycles. The Hall–Kier alpha value is -6.18. The predicted octanol–water partition coefficient (Wildman–Crippen LogP) is 2.52. The Balaban J connectivity index is 1.11. The zero-order valence-corrected chi connectivity index (χ0v) is 25.7. The molecule has 7 aromatic rings. The van der Waals surface area contributed by atoms with E-state index in [2.05, 4.69) is 20.6 Å². The van der Waals surface area contributed by atoms with Gasteiger partial charge in [-0.25, -0.2) is 23.7 Å². The molecule has 2 aromatic carbocycles. The molecule has 0 aliphatic heterocycles. The molecule has 0 spiro atoms. The van der Waals surface area contributed by atoms with Crippen LogP contribution in [0.4, 0.5) is 0 Å². The Bertz CT molecular complexity index is 2570. The first kappa shape index (κ1) is 29.5. The normalized spacial score (nSPS) is 11.6. The number of fused-ring (bicyclic) bond motifs is 2. The standard InChI is InChI=1S/C33H28N8O6/c1-19-4-6-26-22(11-31(43)46-28(26)8-19)13-38-15-24(34-36-38)17-40-21(3)10-30(42)41(33(40)45)18-25-16-39(37-35-25)14-23-12-32(44)47-29-9-20(2)5-7-27(23)29/h4-12,15-16H,13-14,17-18H2,1-3H3. The van der Waals surface area contributed by atoms with E-state index >= 15 is 0 Å². The van der Waals surface area contributed by atoms with Gasteiger partial charge in [0.05, 0.1) is 38.6 Å². The molecule has 14 nitrogen and oxygen atoms in total. The van der Waals surface area contributed by atoms with Crippen LogP contribution in [-0.2, 0) is 26.2 Å². The first-order chi connectivity index (χ1) is 22.6. The number of aromatic nitrogens is 8. The van der Waals surface area contributed by atoms with Crippen molar-refractivity contribution in [2.75, 3.05) is 0 Å². The minimum absolute atomic E-state index is 0.0671. The highest BCUT2D eigenvalue weighted by molar-refractivity contribution is 5.81. The molecule has 5 heterocycles. The second kappa shape index (κ2) is 11.6. The highest BCUT2D eigenvalue weighted by Gasteiger charge is 2.15. The molecular formula is C33H28N8O6. The van der Waals surface area contributed by atoms with Crippen LogP contribution in [0.15, 0.2) is 95.0 Å². The molecule has 0 amide bonds. The van der Waals surface area contributed by atoms with Gasteiger partial charge in [0.25, 0.3) is 5.56 Å². The SMILES string of the molecule is Cc1ccc2c(Cn3cc(Cn4c(C)cc(=O)n(Cc5cn(Cc6cc(=O)oc7cc(C)ccc67)nn5)c4=O)nn3)cc(=O)oc2c1. The number of hydrogen-bond donors (Lipinski definition) is 0. The maximum absolute atomic E-state index is 13.6. The van der Waals surface area contributed by atoms with E-state index < -0.39 is 22.5 Å². The van der Waals surface area contributed by atoms with Crippen LogP contribution in [-0.4, -0.2) is 39.1 Å². The van der Waals surface area contributed by atoms with Gasteiger partial charge in [-0.05, 0) is 55.2 Å². The Morgan fingerprint density at radius 3 is 1.60 bits per heavy atom. The minimum atomic E-state index is -0.539. The van der Waals surface area contributed by atoms with Gasteiger partial charge in [0, 0.05) is 34.7 Å². The lowest BCUT2D eigenvalue weighted by Gasteiger charge is -2.11. The molecule has 7 rings (SSSR count). The van der Waals surface area contributed by atoms with Crippen LogP contribution in [0, 0.1) is 20.8 Å². The monoisotopic (exact) mass is 632 g/mol. The van der Waals surface area contributed by atoms with Gasteiger partial charge in [-0.15, -0.1) is 10.2 Å². The molecule has 0 bridgehead atoms. The van der Waals surface area contributed by atoms with E-state index in [1.807, 2.05) is 44.2 Å². The van der Waals surface area contributed by atoms with Crippen molar-refractivity contribution in [3.05, 3.63) is 148 Å². The molecule has 0 atom stereocenters. The summed E-state index contributed by atoms with van der Waals surface area (Å²) in [6.07, 6.45) is 3.32. The maximum Gasteiger partial charge on any atom is 0.336 e. The molecule has 236 valence electrons. The number of nitrogens with zero attached hydrogens (tertiary/aromatic N) is 8. The van der Waals surface area contributed by atoms with E-state index in [1.165, 1.54) is 22.8 Å². The summed E-state index contributed by atoms with van der Waals surface area (Å²) in [4.78, 5) is 50.8. The molecule has 47 heavy (non-hydrogen) atoms. The summed E-state index contributed by atoms with van der Waals surface area (Å²) in [7, 11) is 0. The van der Waals surface area contributed by atoms with Gasteiger partial charge in [0.15, 0.2) is 0 Å². The lowest BCUT2D eigenvalue weighted by atomic mass is 10.1. The average molecular weight is 633 g/mol. The fourth-order valence-electron chi connectivity index (χ4n) is 5.65. The topological polar surface area (TPSA) is 166 Å². The highest BCUT2D eigenvalue weighted by Crippen LogP contribution is 2.20. The first-order valence-electron chi connectivity index (χ1n) is 14.8. The summed E-state index contributed by atoms with van der Waals surface area (Å²) in [5.41, 5.74) is 3.73. The van der Waals surface area contributed by atoms with Crippen molar-refractivity contribution in [3.63, 3.8) is 0 Å². The van der Waals surface area contributed by atoms with Crippen molar-refractivity contribution in [2.24, 2.45) is 0 Å². The van der Waals surface area contributed by atoms with Crippen LogP contribution in [0.2, 0.25) is 0 Å². The van der Waals surface area contributed by atoms with E-state index in [1.54, 1.807) is 34.7 Å². The molecule has 5 aromatic heterocycles. The molecule has 0 fully saturated rings. The van der Waals surface area contributed by atoms with E-state index in [-0.39, 0.29) is 26.2 Å². The zero-order chi connectivity index (χ0) is 32.8. The Labute approximate surface area is 264 Å². The molecular weight excluding hydrogens is 604 g/mol. The second-order valence-corrected chi connectivity index (χ2v) is 11.6. The summed E-state index contributed by atoms with van der Waals surface area (Å²) in [5, 5.41) is 18.3. The molecule has 0 unspecified atom stereocenters. The fourth-order valence-corrected chi connectivity index (χ4v) is 5.65. The maximum atomic E-state index is 13.6. The Morgan fingerprint density at radius 2 is 1.09 bits per heavy atom. The smallest absolute Gasteiger partial charge is 0.336 e. The molecule has 0 aliphatic rings. The van der Waals surface area contributed by atoms with E-state index in [4.69, 9.17) is 8.83 Å². The van der Waals surface area contributed by atoms with E-state index in [0.717, 1.165) is 32.0 Å². The van der Waals surface area contributed by atoms with Gasteiger partial charge < -0.3 is 8.83 Å². The summed E-state index contributed by atoms with van der Waals surface area (Å²) in [6, 6.07) is 15.5. The lowest BCUT2D eigenvalue weighted by molar-refractivity contribution is 0.554. The second-order valence-electron chi connectivity index (χ2n) is 11.6. The first-order valence-corrected chi connectivity index (χ1v) is 14.8. The third kappa shape index (κ3) is 5.95. The van der Waals surface area contributed by atoms with Gasteiger partial charge in [0.2, 0.25) is 0 Å². The largest absolute Gasteiger partial charge is 0.423 e. The van der Waals surface area contributed by atoms with Crippen LogP contribution in [0.25, 0.3) is 21.9 Å². The van der Waals surface area contributed by atoms with Gasteiger partial charge in [0.1, 0.15) is 22.6 Å². The number of aryl methyl sites for hydroxylation is 3. The third-order valence-electron chi connectivity index (χ3n) is 7.93. The van der Waals surface area contributed by atoms with Crippen LogP contribution < -0.4 is 22.5 Å². The van der Waals surface area contributed by atoms with E-state index in [9.17, 15) is 19.2 Å². The zero-order valence-electron chi connectivity index (χ0n) is 25.7. The van der Waals surface area contributed by atoms with Crippen molar-refractivity contribution < 1.29 is 8.83 Å². The Kier molecular flexibility index (Phi) is 7.31. The number of hydrogen-bond acceptors (Lipinski definition) is 10. The van der Waals surface area contributed by atoms with Crippen LogP contribution in [0.3, 0.4) is 0 Å². The van der Waals surface area contributed by atoms with Crippen molar-refractivity contribution in [1.82, 2.24) is 39.1 Å². The summed E-state index contributed by atoms with van der Waals surface area (Å²) in [5.74, 6) is 0. The van der Waals surface area contributed by atoms with Crippen LogP contribution >= 0.6 is 0 Å². The van der Waals surface area contributed by atoms with Crippen LogP contribution in [0.1, 0.15) is 39.3 Å². The van der Waals surface area contributed by atoms with Crippen molar-refractivity contribution in [3.8, 4) is 0 Å². The van der Waals surface area contributed by atoms with Gasteiger partial charge in [-0.1, -0.05) is 34.7 Å². The quantitative estimate of drug-likeness (QED) is 0.227. The van der Waals surface area contributed by atoms with Crippen molar-refractivity contribution in [1.29, 1.82) is 0 Å². The van der Waals surface area contributed by atoms with Crippen LogP contribution in [0.5, 0.6) is 0 Å².